The summed E-state index contributed by atoms with van der Waals surface area (Å²) in [5.74, 6) is -1.11. The van der Waals surface area contributed by atoms with Gasteiger partial charge in [-0.25, -0.2) is 4.39 Å². The Bertz CT molecular complexity index is 380. The highest BCUT2D eigenvalue weighted by atomic mass is 79.9. The Labute approximate surface area is 90.8 Å². The topological polar surface area (TPSA) is 40.5 Å². The van der Waals surface area contributed by atoms with Crippen molar-refractivity contribution >= 4 is 28.5 Å². The zero-order valence-corrected chi connectivity index (χ0v) is 8.60. The Morgan fingerprint density at radius 3 is 2.13 bits per heavy atom. The third-order valence-corrected chi connectivity index (χ3v) is 2.31. The Morgan fingerprint density at radius 2 is 1.73 bits per heavy atom. The molecule has 2 N–H and O–H groups in total. The van der Waals surface area contributed by atoms with E-state index < -0.39 is 30.1 Å². The SMILES string of the molecule is OB(O)c1c(Br)cc(F)cc1C(F)(F)F. The summed E-state index contributed by atoms with van der Waals surface area (Å²) >= 11 is 2.63. The van der Waals surface area contributed by atoms with Gasteiger partial charge in [0.1, 0.15) is 5.82 Å². The Hall–Kier alpha value is -0.595. The minimum atomic E-state index is -4.84. The highest BCUT2D eigenvalue weighted by Crippen LogP contribution is 2.30. The maximum Gasteiger partial charge on any atom is 0.490 e. The molecule has 0 saturated heterocycles. The molecule has 0 saturated carbocycles. The molecule has 0 amide bonds. The van der Waals surface area contributed by atoms with Gasteiger partial charge in [0.05, 0.1) is 5.56 Å². The molecule has 0 aliphatic carbocycles. The number of alkyl halides is 3. The van der Waals surface area contributed by atoms with E-state index in [0.29, 0.717) is 0 Å². The first-order valence-electron chi connectivity index (χ1n) is 3.65. The molecule has 15 heavy (non-hydrogen) atoms. The van der Waals surface area contributed by atoms with Crippen LogP contribution >= 0.6 is 15.9 Å². The first kappa shape index (κ1) is 12.5. The van der Waals surface area contributed by atoms with Crippen molar-refractivity contribution in [1.29, 1.82) is 0 Å². The van der Waals surface area contributed by atoms with Crippen LogP contribution in [0.4, 0.5) is 17.6 Å². The van der Waals surface area contributed by atoms with Gasteiger partial charge in [0.25, 0.3) is 0 Å². The Balaban J connectivity index is 3.47. The third-order valence-electron chi connectivity index (χ3n) is 1.66. The lowest BCUT2D eigenvalue weighted by Crippen LogP contribution is -2.37. The first-order chi connectivity index (χ1) is 6.73. The van der Waals surface area contributed by atoms with E-state index in [-0.39, 0.29) is 10.5 Å². The molecule has 0 fully saturated rings. The molecule has 1 rings (SSSR count). The molecule has 0 atom stereocenters. The predicted octanol–water partition coefficient (Wildman–Crippen LogP) is 1.29. The van der Waals surface area contributed by atoms with Crippen molar-refractivity contribution in [2.45, 2.75) is 6.18 Å². The molecule has 1 aromatic carbocycles. The highest BCUT2D eigenvalue weighted by molar-refractivity contribution is 9.10. The van der Waals surface area contributed by atoms with Crippen molar-refractivity contribution in [2.75, 3.05) is 0 Å². The molecule has 0 heterocycles. The average Bonchev–Trinajstić information content (AvgIpc) is 1.99. The third kappa shape index (κ3) is 2.70. The van der Waals surface area contributed by atoms with Crippen LogP contribution in [0.2, 0.25) is 0 Å². The van der Waals surface area contributed by atoms with Crippen LogP contribution in [0.25, 0.3) is 0 Å². The van der Waals surface area contributed by atoms with Crippen molar-refractivity contribution in [1.82, 2.24) is 0 Å². The number of benzene rings is 1. The molecule has 1 aromatic rings. The van der Waals surface area contributed by atoms with Gasteiger partial charge in [0.15, 0.2) is 0 Å². The lowest BCUT2D eigenvalue weighted by molar-refractivity contribution is -0.137. The highest BCUT2D eigenvalue weighted by Gasteiger charge is 2.38. The molecule has 0 bridgehead atoms. The number of rotatable bonds is 1. The van der Waals surface area contributed by atoms with E-state index in [0.717, 1.165) is 6.07 Å². The second kappa shape index (κ2) is 4.11. The van der Waals surface area contributed by atoms with Crippen LogP contribution in [0.5, 0.6) is 0 Å². The largest absolute Gasteiger partial charge is 0.490 e. The zero-order chi connectivity index (χ0) is 11.8. The van der Waals surface area contributed by atoms with Crippen LogP contribution in [-0.4, -0.2) is 17.2 Å². The van der Waals surface area contributed by atoms with Crippen LogP contribution in [0.3, 0.4) is 0 Å². The van der Waals surface area contributed by atoms with Crippen LogP contribution in [-0.2, 0) is 6.18 Å². The van der Waals surface area contributed by atoms with E-state index in [1.165, 1.54) is 0 Å². The van der Waals surface area contributed by atoms with Crippen molar-refractivity contribution in [3.8, 4) is 0 Å². The van der Waals surface area contributed by atoms with Crippen molar-refractivity contribution < 1.29 is 27.6 Å². The molecule has 0 aliphatic heterocycles. The molecule has 82 valence electrons. The Morgan fingerprint density at radius 1 is 1.20 bits per heavy atom. The number of hydrogen-bond donors (Lipinski definition) is 2. The summed E-state index contributed by atoms with van der Waals surface area (Å²) in [5.41, 5.74) is -2.21. The van der Waals surface area contributed by atoms with Crippen LogP contribution in [0.15, 0.2) is 16.6 Å². The standard InChI is InChI=1S/C7H4BBrF4O2/c9-5-2-3(10)1-4(7(11,12)13)6(5)8(14)15/h1-2,14-15H. The molecule has 0 aliphatic rings. The maximum absolute atomic E-state index is 12.7. The summed E-state index contributed by atoms with van der Waals surface area (Å²) in [5, 5.41) is 17.5. The minimum absolute atomic E-state index is 0.208. The zero-order valence-electron chi connectivity index (χ0n) is 7.02. The van der Waals surface area contributed by atoms with Gasteiger partial charge < -0.3 is 10.0 Å². The fourth-order valence-corrected chi connectivity index (χ4v) is 1.72. The van der Waals surface area contributed by atoms with Crippen LogP contribution in [0, 0.1) is 5.82 Å². The molecular weight excluding hydrogens is 283 g/mol. The van der Waals surface area contributed by atoms with Gasteiger partial charge in [-0.3, -0.25) is 0 Å². The second-order valence-electron chi connectivity index (χ2n) is 2.72. The molecule has 0 unspecified atom stereocenters. The summed E-state index contributed by atoms with van der Waals surface area (Å²) in [7, 11) is -2.32. The van der Waals surface area contributed by atoms with Gasteiger partial charge in [0.2, 0.25) is 0 Å². The number of halogens is 5. The van der Waals surface area contributed by atoms with E-state index in [2.05, 4.69) is 15.9 Å². The summed E-state index contributed by atoms with van der Waals surface area (Å²) < 4.78 is 49.4. The first-order valence-corrected chi connectivity index (χ1v) is 4.45. The fourth-order valence-electron chi connectivity index (χ4n) is 1.08. The summed E-state index contributed by atoms with van der Waals surface area (Å²) in [6, 6.07) is 0.934. The molecule has 8 heteroatoms. The van der Waals surface area contributed by atoms with E-state index in [1.54, 1.807) is 0 Å². The minimum Gasteiger partial charge on any atom is -0.423 e. The quantitative estimate of drug-likeness (QED) is 0.603. The monoisotopic (exact) mass is 286 g/mol. The summed E-state index contributed by atoms with van der Waals surface area (Å²) in [6.45, 7) is 0. The number of hydrogen-bond acceptors (Lipinski definition) is 2. The Kier molecular flexibility index (Phi) is 3.42. The van der Waals surface area contributed by atoms with Gasteiger partial charge in [-0.2, -0.15) is 13.2 Å². The predicted molar refractivity (Wildman–Crippen MR) is 48.9 cm³/mol. The summed E-state index contributed by atoms with van der Waals surface area (Å²) in [6.07, 6.45) is -4.84. The molecule has 0 radical (unpaired) electrons. The second-order valence-corrected chi connectivity index (χ2v) is 3.57. The van der Waals surface area contributed by atoms with Crippen LogP contribution < -0.4 is 5.46 Å². The van der Waals surface area contributed by atoms with Crippen molar-refractivity contribution in [3.63, 3.8) is 0 Å². The normalized spacial score (nSPS) is 11.7. The molecule has 0 spiro atoms. The molecular formula is C7H4BBrF4O2. The average molecular weight is 287 g/mol. The maximum atomic E-state index is 12.7. The lowest BCUT2D eigenvalue weighted by atomic mass is 9.77. The van der Waals surface area contributed by atoms with E-state index in [1.807, 2.05) is 0 Å². The van der Waals surface area contributed by atoms with Gasteiger partial charge >= 0.3 is 13.3 Å². The van der Waals surface area contributed by atoms with E-state index in [9.17, 15) is 17.6 Å². The van der Waals surface area contributed by atoms with E-state index >= 15 is 0 Å². The fraction of sp³-hybridized carbons (Fsp3) is 0.143. The lowest BCUT2D eigenvalue weighted by Gasteiger charge is -2.13. The molecule has 2 nitrogen and oxygen atoms in total. The van der Waals surface area contributed by atoms with E-state index in [4.69, 9.17) is 10.0 Å². The van der Waals surface area contributed by atoms with Crippen molar-refractivity contribution in [3.05, 3.63) is 28.0 Å². The van der Waals surface area contributed by atoms with Gasteiger partial charge in [-0.1, -0.05) is 15.9 Å². The van der Waals surface area contributed by atoms with Gasteiger partial charge in [0, 0.05) is 9.94 Å². The van der Waals surface area contributed by atoms with Crippen molar-refractivity contribution in [2.24, 2.45) is 0 Å². The van der Waals surface area contributed by atoms with Gasteiger partial charge in [-0.05, 0) is 12.1 Å². The smallest absolute Gasteiger partial charge is 0.423 e. The summed E-state index contributed by atoms with van der Waals surface area (Å²) in [4.78, 5) is 0. The van der Waals surface area contributed by atoms with Crippen LogP contribution in [0.1, 0.15) is 5.56 Å². The van der Waals surface area contributed by atoms with Gasteiger partial charge in [-0.15, -0.1) is 0 Å². The molecule has 0 aromatic heterocycles.